The number of hydrogen-bond acceptors (Lipinski definition) is 5. The van der Waals surface area contributed by atoms with Crippen molar-refractivity contribution in [2.75, 3.05) is 13.1 Å². The first-order valence-corrected chi connectivity index (χ1v) is 9.08. The van der Waals surface area contributed by atoms with Gasteiger partial charge in [0.2, 0.25) is 5.82 Å². The number of rotatable bonds is 5. The highest BCUT2D eigenvalue weighted by atomic mass is 19.2. The van der Waals surface area contributed by atoms with Gasteiger partial charge in [-0.2, -0.15) is 4.39 Å². The summed E-state index contributed by atoms with van der Waals surface area (Å²) in [5, 5.41) is 11.1. The van der Waals surface area contributed by atoms with Crippen LogP contribution >= 0.6 is 0 Å². The quantitative estimate of drug-likeness (QED) is 0.322. The Morgan fingerprint density at radius 1 is 1.14 bits per heavy atom. The number of halogens is 3. The molecule has 0 amide bonds. The normalized spacial score (nSPS) is 15.3. The number of nitro groups is 1. The molecule has 0 N–H and O–H groups in total. The lowest BCUT2D eigenvalue weighted by molar-refractivity contribution is -0.388. The number of nitrogens with zero attached hydrogens (tertiary/aromatic N) is 2. The van der Waals surface area contributed by atoms with Crippen molar-refractivity contribution < 1.29 is 27.6 Å². The zero-order valence-electron chi connectivity index (χ0n) is 15.7. The Morgan fingerprint density at radius 2 is 1.76 bits per heavy atom. The van der Waals surface area contributed by atoms with Gasteiger partial charge in [-0.1, -0.05) is 30.3 Å². The number of esters is 1. The molecule has 0 aromatic heterocycles. The molecule has 0 unspecified atom stereocenters. The zero-order chi connectivity index (χ0) is 21.1. The molecule has 2 aromatic rings. The molecule has 2 aromatic carbocycles. The lowest BCUT2D eigenvalue weighted by Gasteiger charge is -2.31. The summed E-state index contributed by atoms with van der Waals surface area (Å²) in [5.41, 5.74) is -2.46. The number of benzene rings is 2. The van der Waals surface area contributed by atoms with Gasteiger partial charge in [-0.15, -0.1) is 0 Å². The summed E-state index contributed by atoms with van der Waals surface area (Å²) < 4.78 is 47.3. The fourth-order valence-corrected chi connectivity index (χ4v) is 3.36. The van der Waals surface area contributed by atoms with Crippen molar-refractivity contribution in [1.29, 1.82) is 0 Å². The Morgan fingerprint density at radius 3 is 2.34 bits per heavy atom. The second-order valence-corrected chi connectivity index (χ2v) is 6.91. The predicted octanol–water partition coefficient (Wildman–Crippen LogP) is 4.14. The minimum atomic E-state index is -1.78. The fraction of sp³-hybridized carbons (Fsp3) is 0.350. The average molecular weight is 408 g/mol. The molecule has 1 fully saturated rings. The molecule has 0 atom stereocenters. The zero-order valence-corrected chi connectivity index (χ0v) is 15.7. The van der Waals surface area contributed by atoms with Crippen LogP contribution in [-0.2, 0) is 11.3 Å². The molecule has 1 saturated heterocycles. The Balaban J connectivity index is 1.70. The monoisotopic (exact) mass is 408 g/mol. The van der Waals surface area contributed by atoms with Crippen LogP contribution in [0.1, 0.15) is 34.3 Å². The number of nitro benzene ring substituents is 1. The molecule has 0 radical (unpaired) electrons. The van der Waals surface area contributed by atoms with E-state index < -0.39 is 51.3 Å². The molecule has 6 nitrogen and oxygen atoms in total. The van der Waals surface area contributed by atoms with Crippen LogP contribution in [0.25, 0.3) is 0 Å². The lowest BCUT2D eigenvalue weighted by atomic mass is 10.1. The molecule has 0 saturated carbocycles. The van der Waals surface area contributed by atoms with Crippen LogP contribution in [0, 0.1) is 34.5 Å². The largest absolute Gasteiger partial charge is 0.458 e. The van der Waals surface area contributed by atoms with E-state index in [1.807, 2.05) is 30.3 Å². The van der Waals surface area contributed by atoms with Crippen LogP contribution in [0.5, 0.6) is 0 Å². The highest BCUT2D eigenvalue weighted by Gasteiger charge is 2.37. The minimum absolute atomic E-state index is 0.421. The van der Waals surface area contributed by atoms with Crippen LogP contribution in [-0.4, -0.2) is 35.0 Å². The van der Waals surface area contributed by atoms with Gasteiger partial charge in [0.1, 0.15) is 6.10 Å². The number of carbonyl (C=O) groups is 1. The second-order valence-electron chi connectivity index (χ2n) is 6.91. The first kappa shape index (κ1) is 20.8. The highest BCUT2D eigenvalue weighted by Crippen LogP contribution is 2.32. The molecule has 154 valence electrons. The summed E-state index contributed by atoms with van der Waals surface area (Å²) in [6.45, 7) is 2.76. The maximum Gasteiger partial charge on any atom is 0.348 e. The molecular formula is C20H19F3N2O4. The van der Waals surface area contributed by atoms with E-state index >= 15 is 0 Å². The maximum atomic E-state index is 14.2. The number of carbonyl (C=O) groups excluding carboxylic acids is 1. The summed E-state index contributed by atoms with van der Waals surface area (Å²) in [6.07, 6.45) is 0.219. The molecule has 1 heterocycles. The van der Waals surface area contributed by atoms with Gasteiger partial charge in [-0.3, -0.25) is 15.0 Å². The summed E-state index contributed by atoms with van der Waals surface area (Å²) >= 11 is 0. The Hall–Kier alpha value is -2.94. The molecule has 1 aliphatic heterocycles. The Labute approximate surface area is 165 Å². The van der Waals surface area contributed by atoms with Crippen molar-refractivity contribution >= 4 is 11.7 Å². The van der Waals surface area contributed by atoms with Crippen LogP contribution < -0.4 is 0 Å². The number of piperidine rings is 1. The first-order chi connectivity index (χ1) is 13.8. The van der Waals surface area contributed by atoms with Crippen molar-refractivity contribution in [2.45, 2.75) is 32.4 Å². The van der Waals surface area contributed by atoms with E-state index in [2.05, 4.69) is 4.90 Å². The standard InChI is InChI=1S/C20H19F3N2O4/c1-12-16(21)18(23)15(19(17(12)22)25(27)28)20(26)29-14-7-9-24(10-8-14)11-13-5-3-2-4-6-13/h2-6,14H,7-11H2,1H3. The number of likely N-dealkylation sites (tertiary alicyclic amines) is 1. The van der Waals surface area contributed by atoms with E-state index in [-0.39, 0.29) is 0 Å². The van der Waals surface area contributed by atoms with E-state index in [9.17, 15) is 28.1 Å². The lowest BCUT2D eigenvalue weighted by Crippen LogP contribution is -2.37. The Kier molecular flexibility index (Phi) is 6.17. The maximum absolute atomic E-state index is 14.2. The van der Waals surface area contributed by atoms with Crippen LogP contribution in [0.2, 0.25) is 0 Å². The van der Waals surface area contributed by atoms with Gasteiger partial charge < -0.3 is 4.74 Å². The average Bonchev–Trinajstić information content (AvgIpc) is 2.70. The van der Waals surface area contributed by atoms with E-state index in [1.54, 1.807) is 0 Å². The van der Waals surface area contributed by atoms with E-state index in [0.717, 1.165) is 19.0 Å². The van der Waals surface area contributed by atoms with Crippen molar-refractivity contribution in [1.82, 2.24) is 4.90 Å². The Bertz CT molecular complexity index is 929. The van der Waals surface area contributed by atoms with Crippen molar-refractivity contribution in [3.05, 3.63) is 74.6 Å². The van der Waals surface area contributed by atoms with E-state index in [1.165, 1.54) is 0 Å². The van der Waals surface area contributed by atoms with Gasteiger partial charge in [0, 0.05) is 25.2 Å². The van der Waals surface area contributed by atoms with Crippen molar-refractivity contribution in [2.24, 2.45) is 0 Å². The minimum Gasteiger partial charge on any atom is -0.458 e. The molecule has 1 aliphatic rings. The predicted molar refractivity (Wildman–Crippen MR) is 97.9 cm³/mol. The smallest absolute Gasteiger partial charge is 0.348 e. The van der Waals surface area contributed by atoms with Crippen molar-refractivity contribution in [3.63, 3.8) is 0 Å². The third-order valence-electron chi connectivity index (χ3n) is 4.96. The van der Waals surface area contributed by atoms with E-state index in [0.29, 0.717) is 25.9 Å². The van der Waals surface area contributed by atoms with Gasteiger partial charge in [-0.05, 0) is 25.3 Å². The summed E-state index contributed by atoms with van der Waals surface area (Å²) in [5.74, 6) is -6.44. The van der Waals surface area contributed by atoms with Crippen LogP contribution in [0.3, 0.4) is 0 Å². The number of hydrogen-bond donors (Lipinski definition) is 0. The summed E-state index contributed by atoms with van der Waals surface area (Å²) in [4.78, 5) is 24.4. The van der Waals surface area contributed by atoms with Gasteiger partial charge in [-0.25, -0.2) is 13.6 Å². The van der Waals surface area contributed by atoms with Crippen molar-refractivity contribution in [3.8, 4) is 0 Å². The summed E-state index contributed by atoms with van der Waals surface area (Å²) in [6, 6.07) is 9.78. The topological polar surface area (TPSA) is 72.7 Å². The molecule has 0 bridgehead atoms. The van der Waals surface area contributed by atoms with E-state index in [4.69, 9.17) is 4.74 Å². The SMILES string of the molecule is Cc1c(F)c(F)c(C(=O)OC2CCN(Cc3ccccc3)CC2)c([N+](=O)[O-])c1F. The third kappa shape index (κ3) is 4.40. The molecule has 0 aliphatic carbocycles. The van der Waals surface area contributed by atoms with Gasteiger partial charge in [0.05, 0.1) is 4.92 Å². The number of ether oxygens (including phenoxy) is 1. The second kappa shape index (κ2) is 8.60. The first-order valence-electron chi connectivity index (χ1n) is 9.08. The van der Waals surface area contributed by atoms with Gasteiger partial charge >= 0.3 is 11.7 Å². The van der Waals surface area contributed by atoms with Crippen LogP contribution in [0.4, 0.5) is 18.9 Å². The molecule has 3 rings (SSSR count). The summed E-state index contributed by atoms with van der Waals surface area (Å²) in [7, 11) is 0. The highest BCUT2D eigenvalue weighted by molar-refractivity contribution is 5.94. The molecular weight excluding hydrogens is 389 g/mol. The fourth-order valence-electron chi connectivity index (χ4n) is 3.36. The molecule has 29 heavy (non-hydrogen) atoms. The molecule has 0 spiro atoms. The van der Waals surface area contributed by atoms with Gasteiger partial charge in [0.25, 0.3) is 0 Å². The third-order valence-corrected chi connectivity index (χ3v) is 4.96. The molecule has 9 heteroatoms. The van der Waals surface area contributed by atoms with Gasteiger partial charge in [0.15, 0.2) is 17.2 Å². The van der Waals surface area contributed by atoms with Crippen LogP contribution in [0.15, 0.2) is 30.3 Å².